The average molecular weight is 396 g/mol. The molecule has 0 rings (SSSR count). The van der Waals surface area contributed by atoms with Crippen molar-refractivity contribution in [2.45, 2.75) is 63.3 Å². The van der Waals surface area contributed by atoms with Crippen LogP contribution in [0.1, 0.15) is 26.7 Å². The highest BCUT2D eigenvalue weighted by Gasteiger charge is 2.40. The van der Waals surface area contributed by atoms with Crippen molar-refractivity contribution in [2.75, 3.05) is 19.8 Å². The molecule has 0 radical (unpaired) electrons. The van der Waals surface area contributed by atoms with Crippen LogP contribution >= 0.6 is 0 Å². The maximum atomic E-state index is 12.2. The lowest BCUT2D eigenvalue weighted by atomic mass is 9.98. The highest BCUT2D eigenvalue weighted by molar-refractivity contribution is 5.76. The van der Waals surface area contributed by atoms with Gasteiger partial charge in [-0.15, -0.1) is 0 Å². The molecule has 0 saturated heterocycles. The van der Waals surface area contributed by atoms with E-state index in [1.165, 1.54) is 0 Å². The van der Waals surface area contributed by atoms with E-state index >= 15 is 0 Å². The molecule has 0 spiro atoms. The Morgan fingerprint density at radius 2 is 1.63 bits per heavy atom. The molecule has 0 heterocycles. The van der Waals surface area contributed by atoms with E-state index in [1.807, 2.05) is 0 Å². The van der Waals surface area contributed by atoms with Gasteiger partial charge in [-0.25, -0.2) is 0 Å². The Hall–Kier alpha value is -1.34. The fraction of sp³-hybridized carbons (Fsp3) is 0.875. The number of aliphatic hydroxyl groups is 5. The summed E-state index contributed by atoms with van der Waals surface area (Å²) in [6.07, 6.45) is -8.62. The van der Waals surface area contributed by atoms with Crippen molar-refractivity contribution in [2.24, 2.45) is 17.4 Å². The Kier molecular flexibility index (Phi) is 12.3. The predicted molar refractivity (Wildman–Crippen MR) is 93.1 cm³/mol. The first kappa shape index (κ1) is 25.7. The highest BCUT2D eigenvalue weighted by atomic mass is 16.6. The molecule has 0 aliphatic rings. The first-order chi connectivity index (χ1) is 12.6. The molecule has 0 bridgehead atoms. The third kappa shape index (κ3) is 8.93. The monoisotopic (exact) mass is 396 g/mol. The van der Waals surface area contributed by atoms with Gasteiger partial charge in [0.15, 0.2) is 6.10 Å². The van der Waals surface area contributed by atoms with E-state index in [2.05, 4.69) is 0 Å². The van der Waals surface area contributed by atoms with Crippen molar-refractivity contribution in [1.29, 1.82) is 0 Å². The van der Waals surface area contributed by atoms with E-state index in [9.17, 15) is 24.9 Å². The molecule has 9 N–H and O–H groups in total. The van der Waals surface area contributed by atoms with E-state index in [4.69, 9.17) is 31.2 Å². The van der Waals surface area contributed by atoms with Crippen molar-refractivity contribution < 1.29 is 44.6 Å². The number of esters is 2. The van der Waals surface area contributed by atoms with Gasteiger partial charge in [0.2, 0.25) is 0 Å². The van der Waals surface area contributed by atoms with Crippen LogP contribution in [0.4, 0.5) is 0 Å². The lowest BCUT2D eigenvalue weighted by Crippen LogP contribution is -2.52. The molecule has 0 aromatic heterocycles. The summed E-state index contributed by atoms with van der Waals surface area (Å²) >= 11 is 0. The van der Waals surface area contributed by atoms with Gasteiger partial charge < -0.3 is 46.5 Å². The second-order valence-electron chi connectivity index (χ2n) is 6.55. The fourth-order valence-corrected chi connectivity index (χ4v) is 2.11. The van der Waals surface area contributed by atoms with Crippen LogP contribution < -0.4 is 11.5 Å². The van der Waals surface area contributed by atoms with Gasteiger partial charge >= 0.3 is 11.9 Å². The van der Waals surface area contributed by atoms with Crippen molar-refractivity contribution in [3.63, 3.8) is 0 Å². The second kappa shape index (κ2) is 12.9. The topological polar surface area (TPSA) is 206 Å². The number of hydrogen-bond acceptors (Lipinski definition) is 11. The van der Waals surface area contributed by atoms with Gasteiger partial charge in [-0.2, -0.15) is 0 Å². The van der Waals surface area contributed by atoms with Crippen LogP contribution in [0.3, 0.4) is 0 Å². The van der Waals surface area contributed by atoms with Crippen LogP contribution in [0.5, 0.6) is 0 Å². The van der Waals surface area contributed by atoms with E-state index in [0.717, 1.165) is 0 Å². The second-order valence-corrected chi connectivity index (χ2v) is 6.55. The molecule has 0 fully saturated rings. The standard InChI is InChI=1S/C16H32N2O9/c1-8(2)13(18)16(25)26-11(5-9(21)6-19)15(14(24)10(22)7-20)27-12(23)3-4-17/h8-11,13-15,19-22,24H,3-7,17-18H2,1-2H3/t9?,10-,11?,13+,14-,15+/m1/s1. The van der Waals surface area contributed by atoms with Crippen LogP contribution in [0.2, 0.25) is 0 Å². The Bertz CT molecular complexity index is 450. The summed E-state index contributed by atoms with van der Waals surface area (Å²) < 4.78 is 10.3. The number of nitrogens with two attached hydrogens (primary N) is 2. The summed E-state index contributed by atoms with van der Waals surface area (Å²) in [5, 5.41) is 47.8. The normalized spacial score (nSPS) is 18.3. The van der Waals surface area contributed by atoms with Gasteiger partial charge in [0.25, 0.3) is 0 Å². The van der Waals surface area contributed by atoms with Crippen LogP contribution in [0, 0.1) is 5.92 Å². The molecular formula is C16H32N2O9. The summed E-state index contributed by atoms with van der Waals surface area (Å²) in [7, 11) is 0. The van der Waals surface area contributed by atoms with E-state index < -0.39 is 68.1 Å². The number of rotatable bonds is 13. The maximum Gasteiger partial charge on any atom is 0.323 e. The van der Waals surface area contributed by atoms with Crippen molar-refractivity contribution in [3.8, 4) is 0 Å². The van der Waals surface area contributed by atoms with Gasteiger partial charge in [-0.1, -0.05) is 13.8 Å². The van der Waals surface area contributed by atoms with Crippen molar-refractivity contribution >= 4 is 11.9 Å². The lowest BCUT2D eigenvalue weighted by Gasteiger charge is -2.33. The van der Waals surface area contributed by atoms with Crippen molar-refractivity contribution in [1.82, 2.24) is 0 Å². The minimum Gasteiger partial charge on any atom is -0.457 e. The predicted octanol–water partition coefficient (Wildman–Crippen LogP) is -3.40. The summed E-state index contributed by atoms with van der Waals surface area (Å²) in [4.78, 5) is 24.0. The minimum absolute atomic E-state index is 0.0495. The first-order valence-electron chi connectivity index (χ1n) is 8.70. The molecule has 0 saturated carbocycles. The molecule has 6 atom stereocenters. The van der Waals surface area contributed by atoms with Gasteiger partial charge in [-0.3, -0.25) is 9.59 Å². The summed E-state index contributed by atoms with van der Waals surface area (Å²) in [6.45, 7) is 1.75. The number of carbonyl (C=O) groups excluding carboxylic acids is 2. The molecule has 160 valence electrons. The highest BCUT2D eigenvalue weighted by Crippen LogP contribution is 2.19. The average Bonchev–Trinajstić information content (AvgIpc) is 2.63. The number of ether oxygens (including phenoxy) is 2. The van der Waals surface area contributed by atoms with Crippen molar-refractivity contribution in [3.05, 3.63) is 0 Å². The number of hydrogen-bond donors (Lipinski definition) is 7. The van der Waals surface area contributed by atoms with E-state index in [0.29, 0.717) is 0 Å². The molecule has 0 aromatic carbocycles. The van der Waals surface area contributed by atoms with Crippen LogP contribution in [-0.2, 0) is 19.1 Å². The Balaban J connectivity index is 5.63. The quantitative estimate of drug-likeness (QED) is 0.153. The largest absolute Gasteiger partial charge is 0.457 e. The van der Waals surface area contributed by atoms with E-state index in [1.54, 1.807) is 13.8 Å². The lowest BCUT2D eigenvalue weighted by molar-refractivity contribution is -0.190. The molecule has 0 aliphatic heterocycles. The van der Waals surface area contributed by atoms with Gasteiger partial charge in [0, 0.05) is 13.0 Å². The van der Waals surface area contributed by atoms with E-state index in [-0.39, 0.29) is 18.9 Å². The van der Waals surface area contributed by atoms with Gasteiger partial charge in [-0.05, 0) is 5.92 Å². The van der Waals surface area contributed by atoms with Crippen LogP contribution in [0.15, 0.2) is 0 Å². The van der Waals surface area contributed by atoms with Crippen LogP contribution in [0.25, 0.3) is 0 Å². The summed E-state index contributed by atoms with van der Waals surface area (Å²) in [5.41, 5.74) is 11.0. The first-order valence-corrected chi connectivity index (χ1v) is 8.70. The summed E-state index contributed by atoms with van der Waals surface area (Å²) in [5.74, 6) is -2.02. The SMILES string of the molecule is CC(C)[C@H](N)C(=O)OC(CC(O)CO)[C@H](OC(=O)CCN)[C@H](O)[C@H](O)CO. The third-order valence-electron chi connectivity index (χ3n) is 3.87. The maximum absolute atomic E-state index is 12.2. The van der Waals surface area contributed by atoms with Gasteiger partial charge in [0.1, 0.15) is 24.4 Å². The molecule has 2 unspecified atom stereocenters. The zero-order valence-electron chi connectivity index (χ0n) is 15.6. The third-order valence-corrected chi connectivity index (χ3v) is 3.87. The molecular weight excluding hydrogens is 364 g/mol. The molecule has 0 aliphatic carbocycles. The fourth-order valence-electron chi connectivity index (χ4n) is 2.11. The van der Waals surface area contributed by atoms with Gasteiger partial charge in [0.05, 0.1) is 25.7 Å². The molecule has 11 nitrogen and oxygen atoms in total. The smallest absolute Gasteiger partial charge is 0.323 e. The zero-order valence-corrected chi connectivity index (χ0v) is 15.6. The molecule has 0 aromatic rings. The summed E-state index contributed by atoms with van der Waals surface area (Å²) in [6, 6.07) is -1.03. The van der Waals surface area contributed by atoms with Crippen LogP contribution in [-0.4, -0.2) is 93.8 Å². The molecule has 0 amide bonds. The number of aliphatic hydroxyl groups excluding tert-OH is 5. The molecule has 11 heteroatoms. The Morgan fingerprint density at radius 3 is 2.07 bits per heavy atom. The number of carbonyl (C=O) groups is 2. The Morgan fingerprint density at radius 1 is 1.04 bits per heavy atom. The Labute approximate surface area is 157 Å². The zero-order chi connectivity index (χ0) is 21.1. The minimum atomic E-state index is -1.84. The molecule has 27 heavy (non-hydrogen) atoms.